The third-order valence-electron chi connectivity index (χ3n) is 6.03. The van der Waals surface area contributed by atoms with Gasteiger partial charge in [0.1, 0.15) is 0 Å². The van der Waals surface area contributed by atoms with Gasteiger partial charge in [-0.1, -0.05) is 55.3 Å². The highest BCUT2D eigenvalue weighted by Crippen LogP contribution is 2.19. The van der Waals surface area contributed by atoms with Crippen LogP contribution in [0.15, 0.2) is 66.7 Å². The van der Waals surface area contributed by atoms with Gasteiger partial charge in [-0.25, -0.2) is 0 Å². The first kappa shape index (κ1) is 27.7. The number of anilines is 2. The van der Waals surface area contributed by atoms with Crippen LogP contribution in [0.3, 0.4) is 0 Å². The molecular weight excluding hydrogens is 460 g/mol. The Balaban J connectivity index is 1.58. The summed E-state index contributed by atoms with van der Waals surface area (Å²) in [7, 11) is 3.89. The van der Waals surface area contributed by atoms with Crippen LogP contribution in [0.2, 0.25) is 0 Å². The van der Waals surface area contributed by atoms with Crippen LogP contribution in [0.5, 0.6) is 0 Å². The van der Waals surface area contributed by atoms with Gasteiger partial charge < -0.3 is 20.5 Å². The van der Waals surface area contributed by atoms with Crippen molar-refractivity contribution in [3.05, 3.63) is 82.9 Å². The van der Waals surface area contributed by atoms with Gasteiger partial charge in [0.25, 0.3) is 0 Å². The molecule has 6 nitrogen and oxygen atoms in total. The number of benzene rings is 2. The zero-order valence-corrected chi connectivity index (χ0v) is 22.5. The van der Waals surface area contributed by atoms with Crippen molar-refractivity contribution in [2.75, 3.05) is 31.3 Å². The Kier molecular flexibility index (Phi) is 10.0. The number of hydrogen-bond donors (Lipinski definition) is 3. The van der Waals surface area contributed by atoms with Crippen LogP contribution in [0.25, 0.3) is 22.9 Å². The van der Waals surface area contributed by atoms with Crippen LogP contribution in [0, 0.1) is 0 Å². The average molecular weight is 499 g/mol. The lowest BCUT2D eigenvalue weighted by Crippen LogP contribution is -2.23. The molecule has 194 valence electrons. The zero-order chi connectivity index (χ0) is 26.8. The molecule has 0 unspecified atom stereocenters. The fraction of sp³-hybridized carbons (Fsp3) is 0.290. The molecule has 3 rings (SSSR count). The quantitative estimate of drug-likeness (QED) is 0.355. The van der Waals surface area contributed by atoms with Crippen LogP contribution in [0.1, 0.15) is 39.2 Å². The van der Waals surface area contributed by atoms with Gasteiger partial charge in [0.05, 0.1) is 6.42 Å². The second kappa shape index (κ2) is 13.4. The highest BCUT2D eigenvalue weighted by Gasteiger charge is 2.07. The summed E-state index contributed by atoms with van der Waals surface area (Å²) < 4.78 is 0. The highest BCUT2D eigenvalue weighted by molar-refractivity contribution is 5.99. The Morgan fingerprint density at radius 1 is 0.973 bits per heavy atom. The topological polar surface area (TPSA) is 77.2 Å². The molecule has 37 heavy (non-hydrogen) atoms. The van der Waals surface area contributed by atoms with Gasteiger partial charge in [0.15, 0.2) is 0 Å². The molecule has 3 aromatic rings. The van der Waals surface area contributed by atoms with Crippen LogP contribution in [0.4, 0.5) is 11.4 Å². The molecule has 0 aliphatic heterocycles. The number of amides is 2. The number of aromatic amines is 1. The lowest BCUT2D eigenvalue weighted by Gasteiger charge is -2.08. The molecule has 3 N–H and O–H groups in total. The molecule has 0 fully saturated rings. The van der Waals surface area contributed by atoms with Gasteiger partial charge in [-0.15, -0.1) is 0 Å². The van der Waals surface area contributed by atoms with E-state index in [1.807, 2.05) is 68.4 Å². The molecule has 2 amide bonds. The Hall–Kier alpha value is -3.90. The second-order valence-corrected chi connectivity index (χ2v) is 9.48. The maximum atomic E-state index is 12.6. The lowest BCUT2D eigenvalue weighted by molar-refractivity contribution is -0.115. The number of carbonyl (C=O) groups is 2. The highest BCUT2D eigenvalue weighted by atomic mass is 16.2. The summed E-state index contributed by atoms with van der Waals surface area (Å²) >= 11 is 0. The van der Waals surface area contributed by atoms with Crippen LogP contribution < -0.4 is 21.2 Å². The number of rotatable bonds is 10. The minimum absolute atomic E-state index is 0.0917. The van der Waals surface area contributed by atoms with E-state index < -0.39 is 0 Å². The van der Waals surface area contributed by atoms with Gasteiger partial charge in [-0.2, -0.15) is 0 Å². The lowest BCUT2D eigenvalue weighted by atomic mass is 10.1. The van der Waals surface area contributed by atoms with Gasteiger partial charge in [-0.3, -0.25) is 9.59 Å². The minimum atomic E-state index is -0.176. The zero-order valence-electron chi connectivity index (χ0n) is 22.5. The van der Waals surface area contributed by atoms with E-state index in [1.165, 1.54) is 16.9 Å². The van der Waals surface area contributed by atoms with Gasteiger partial charge in [-0.05, 0) is 81.0 Å². The summed E-state index contributed by atoms with van der Waals surface area (Å²) in [5.41, 5.74) is 5.84. The van der Waals surface area contributed by atoms with E-state index in [-0.39, 0.29) is 18.2 Å². The molecular formula is C31H38N4O2. The van der Waals surface area contributed by atoms with Crippen molar-refractivity contribution in [1.29, 1.82) is 0 Å². The molecule has 0 aliphatic carbocycles. The number of carbonyl (C=O) groups excluding carboxylic acids is 2. The number of nitrogens with zero attached hydrogens (tertiary/aromatic N) is 1. The summed E-state index contributed by atoms with van der Waals surface area (Å²) in [5, 5.41) is 8.20. The van der Waals surface area contributed by atoms with E-state index >= 15 is 0 Å². The molecule has 1 heterocycles. The first-order valence-corrected chi connectivity index (χ1v) is 12.8. The Bertz CT molecular complexity index is 1350. The van der Waals surface area contributed by atoms with Crippen molar-refractivity contribution in [2.45, 2.75) is 40.0 Å². The third kappa shape index (κ3) is 8.33. The van der Waals surface area contributed by atoms with Crippen molar-refractivity contribution in [2.24, 2.45) is 0 Å². The molecule has 6 heteroatoms. The monoisotopic (exact) mass is 498 g/mol. The Morgan fingerprint density at radius 2 is 1.62 bits per heavy atom. The van der Waals surface area contributed by atoms with Crippen molar-refractivity contribution >= 4 is 34.8 Å². The summed E-state index contributed by atoms with van der Waals surface area (Å²) in [5.74, 6) is -0.268. The van der Waals surface area contributed by atoms with Gasteiger partial charge in [0, 0.05) is 35.0 Å². The first-order chi connectivity index (χ1) is 17.8. The van der Waals surface area contributed by atoms with E-state index in [4.69, 9.17) is 0 Å². The van der Waals surface area contributed by atoms with Crippen molar-refractivity contribution < 1.29 is 9.59 Å². The predicted molar refractivity (Wildman–Crippen MR) is 155 cm³/mol. The summed E-state index contributed by atoms with van der Waals surface area (Å²) in [4.78, 5) is 30.1. The molecule has 0 aliphatic rings. The second-order valence-electron chi connectivity index (χ2n) is 9.48. The van der Waals surface area contributed by atoms with Crippen LogP contribution in [-0.2, 0) is 16.0 Å². The minimum Gasteiger partial charge on any atom is -0.355 e. The number of H-pyrrole nitrogens is 1. The smallest absolute Gasteiger partial charge is 0.248 e. The number of hydrogen-bond acceptors (Lipinski definition) is 3. The average Bonchev–Trinajstić information content (AvgIpc) is 3.30. The molecule has 1 aromatic heterocycles. The standard InChI is InChI=1S/C31H38N4O2/c1-6-9-22(3)27-21-29(34-28(27)7-2)24-13-17-26(18-14-24)33-31(37)20-23-11-15-25(16-12-23)32-30(36)10-8-19-35(4)5/h7-8,10-18,21,34H,6,9,19-20H2,1-5H3,(H,32,36)(H,33,37)/b10-8+,27-22-,28-7+. The maximum absolute atomic E-state index is 12.6. The Labute approximate surface area is 219 Å². The summed E-state index contributed by atoms with van der Waals surface area (Å²) in [6.07, 6.45) is 7.89. The van der Waals surface area contributed by atoms with E-state index in [0.29, 0.717) is 12.2 Å². The van der Waals surface area contributed by atoms with Crippen molar-refractivity contribution in [3.8, 4) is 11.3 Å². The fourth-order valence-electron chi connectivity index (χ4n) is 4.10. The van der Waals surface area contributed by atoms with Gasteiger partial charge in [0.2, 0.25) is 11.8 Å². The normalized spacial score (nSPS) is 12.8. The first-order valence-electron chi connectivity index (χ1n) is 12.8. The summed E-state index contributed by atoms with van der Waals surface area (Å²) in [6, 6.07) is 17.4. The van der Waals surface area contributed by atoms with Crippen molar-refractivity contribution in [1.82, 2.24) is 9.88 Å². The van der Waals surface area contributed by atoms with E-state index in [2.05, 4.69) is 41.6 Å². The fourth-order valence-corrected chi connectivity index (χ4v) is 4.10. The van der Waals surface area contributed by atoms with Gasteiger partial charge >= 0.3 is 0 Å². The number of nitrogens with one attached hydrogen (secondary N) is 3. The van der Waals surface area contributed by atoms with Crippen molar-refractivity contribution in [3.63, 3.8) is 0 Å². The van der Waals surface area contributed by atoms with Crippen LogP contribution in [-0.4, -0.2) is 42.3 Å². The summed E-state index contributed by atoms with van der Waals surface area (Å²) in [6.45, 7) is 7.14. The third-order valence-corrected chi connectivity index (χ3v) is 6.03. The SMILES string of the molecule is C/C=c1/[nH]c(-c2ccc(NC(=O)Cc3ccc(NC(=O)/C=C/CN(C)C)cc3)cc2)c/c1=C(\C)CCC. The van der Waals surface area contributed by atoms with E-state index in [9.17, 15) is 9.59 Å². The van der Waals surface area contributed by atoms with E-state index in [0.717, 1.165) is 40.7 Å². The molecule has 0 atom stereocenters. The molecule has 0 spiro atoms. The Morgan fingerprint density at radius 3 is 2.24 bits per heavy atom. The molecule has 0 saturated heterocycles. The largest absolute Gasteiger partial charge is 0.355 e. The van der Waals surface area contributed by atoms with Crippen LogP contribution >= 0.6 is 0 Å². The molecule has 2 aromatic carbocycles. The number of likely N-dealkylation sites (N-methyl/N-ethyl adjacent to an activating group) is 1. The molecule has 0 saturated carbocycles. The molecule has 0 bridgehead atoms. The maximum Gasteiger partial charge on any atom is 0.248 e. The van der Waals surface area contributed by atoms with E-state index in [1.54, 1.807) is 12.1 Å². The molecule has 0 radical (unpaired) electrons. The predicted octanol–water partition coefficient (Wildman–Crippen LogP) is 4.69. The number of aromatic nitrogens is 1.